The zero-order chi connectivity index (χ0) is 10.4. The van der Waals surface area contributed by atoms with Crippen LogP contribution in [-0.2, 0) is 0 Å². The number of rotatable bonds is 4. The van der Waals surface area contributed by atoms with Crippen molar-refractivity contribution in [2.45, 2.75) is 16.6 Å². The van der Waals surface area contributed by atoms with E-state index in [0.717, 1.165) is 12.1 Å². The Morgan fingerprint density at radius 1 is 1.29 bits per heavy atom. The van der Waals surface area contributed by atoms with E-state index in [4.69, 9.17) is 0 Å². The van der Waals surface area contributed by atoms with Crippen LogP contribution >= 0.6 is 0 Å². The molecular weight excluding hydrogens is 237 g/mol. The number of hydrogen-bond acceptors (Lipinski definition) is 1. The predicted molar refractivity (Wildman–Crippen MR) is 61.1 cm³/mol. The second-order valence-electron chi connectivity index (χ2n) is 3.43. The summed E-state index contributed by atoms with van der Waals surface area (Å²) in [6.45, 7) is 0.820. The van der Waals surface area contributed by atoms with Crippen molar-refractivity contribution in [2.24, 2.45) is 0 Å². The summed E-state index contributed by atoms with van der Waals surface area (Å²) >= 11 is -0.596. The average Bonchev–Trinajstić information content (AvgIpc) is 2.18. The minimum absolute atomic E-state index is 0.0430. The zero-order valence-corrected chi connectivity index (χ0v) is 10.5. The molecule has 0 aliphatic carbocycles. The van der Waals surface area contributed by atoms with Gasteiger partial charge in [0.1, 0.15) is 0 Å². The third-order valence-electron chi connectivity index (χ3n) is 1.88. The summed E-state index contributed by atoms with van der Waals surface area (Å²) in [4.78, 5) is 11.5. The van der Waals surface area contributed by atoms with Gasteiger partial charge in [-0.15, -0.1) is 0 Å². The van der Waals surface area contributed by atoms with E-state index < -0.39 is 14.7 Å². The third-order valence-corrected chi connectivity index (χ3v) is 4.23. The summed E-state index contributed by atoms with van der Waals surface area (Å²) in [6.07, 6.45) is 0. The van der Waals surface area contributed by atoms with Crippen molar-refractivity contribution in [3.63, 3.8) is 0 Å². The van der Waals surface area contributed by atoms with Gasteiger partial charge in [0.2, 0.25) is 0 Å². The van der Waals surface area contributed by atoms with Crippen molar-refractivity contribution in [2.75, 3.05) is 6.54 Å². The maximum atomic E-state index is 11.5. The summed E-state index contributed by atoms with van der Waals surface area (Å²) in [6, 6.07) is 9.35. The number of hydrogen-bond donors (Lipinski definition) is 1. The van der Waals surface area contributed by atoms with Crippen molar-refractivity contribution >= 4 is 20.6 Å². The Labute approximate surface area is 90.0 Å². The molecule has 1 N–H and O–H groups in total. The third kappa shape index (κ3) is 3.97. The van der Waals surface area contributed by atoms with Gasteiger partial charge in [-0.3, -0.25) is 0 Å². The van der Waals surface area contributed by atoms with Gasteiger partial charge < -0.3 is 0 Å². The van der Waals surface area contributed by atoms with Gasteiger partial charge in [0.25, 0.3) is 0 Å². The van der Waals surface area contributed by atoms with Crippen LogP contribution in [0.15, 0.2) is 30.3 Å². The Morgan fingerprint density at radius 2 is 1.93 bits per heavy atom. The van der Waals surface area contributed by atoms with Gasteiger partial charge in [-0.2, -0.15) is 0 Å². The van der Waals surface area contributed by atoms with Crippen LogP contribution < -0.4 is 5.32 Å². The first-order valence-corrected chi connectivity index (χ1v) is 9.76. The second kappa shape index (κ2) is 5.87. The molecule has 0 radical (unpaired) electrons. The van der Waals surface area contributed by atoms with Crippen molar-refractivity contribution in [3.8, 4) is 0 Å². The molecule has 0 aromatic heterocycles. The SMILES string of the molecule is C[As](C)CCNC(=O)c1ccccc1. The summed E-state index contributed by atoms with van der Waals surface area (Å²) in [5.74, 6) is 0.0430. The molecule has 0 saturated heterocycles. The summed E-state index contributed by atoms with van der Waals surface area (Å²) in [5, 5.41) is 4.10. The molecule has 0 fully saturated rings. The Bertz CT molecular complexity index is 285. The normalized spacial score (nSPS) is 10.2. The van der Waals surface area contributed by atoms with Crippen molar-refractivity contribution in [3.05, 3.63) is 35.9 Å². The van der Waals surface area contributed by atoms with Crippen LogP contribution in [0.1, 0.15) is 10.4 Å². The monoisotopic (exact) mass is 253 g/mol. The molecule has 3 heteroatoms. The first-order chi connectivity index (χ1) is 6.70. The van der Waals surface area contributed by atoms with Crippen LogP contribution in [-0.4, -0.2) is 27.1 Å². The molecule has 0 heterocycles. The first kappa shape index (κ1) is 11.3. The van der Waals surface area contributed by atoms with Gasteiger partial charge in [-0.05, 0) is 0 Å². The molecule has 1 aromatic rings. The molecule has 14 heavy (non-hydrogen) atoms. The first-order valence-electron chi connectivity index (χ1n) is 4.68. The number of carbonyl (C=O) groups excluding carboxylic acids is 1. The number of nitrogens with one attached hydrogen (secondary N) is 1. The molecule has 0 bridgehead atoms. The van der Waals surface area contributed by atoms with Crippen molar-refractivity contribution in [1.29, 1.82) is 0 Å². The van der Waals surface area contributed by atoms with E-state index in [1.807, 2.05) is 30.3 Å². The Kier molecular flexibility index (Phi) is 4.75. The van der Waals surface area contributed by atoms with Gasteiger partial charge in [0.15, 0.2) is 0 Å². The van der Waals surface area contributed by atoms with E-state index in [-0.39, 0.29) is 5.91 Å². The molecule has 76 valence electrons. The minimum atomic E-state index is -0.596. The standard InChI is InChI=1S/C11H16AsNO/c1-12(2)8-9-13-11(14)10-6-4-3-5-7-10/h3-7H,8-9H2,1-2H3,(H,13,14). The van der Waals surface area contributed by atoms with Gasteiger partial charge in [-0.25, -0.2) is 0 Å². The molecule has 1 amide bonds. The van der Waals surface area contributed by atoms with E-state index in [0.29, 0.717) is 0 Å². The molecule has 0 saturated carbocycles. The van der Waals surface area contributed by atoms with E-state index in [1.54, 1.807) is 0 Å². The fourth-order valence-corrected chi connectivity index (χ4v) is 2.26. The van der Waals surface area contributed by atoms with Gasteiger partial charge in [0.05, 0.1) is 0 Å². The van der Waals surface area contributed by atoms with Gasteiger partial charge in [0, 0.05) is 0 Å². The van der Waals surface area contributed by atoms with Crippen molar-refractivity contribution < 1.29 is 4.79 Å². The molecule has 1 aromatic carbocycles. The maximum absolute atomic E-state index is 11.5. The Balaban J connectivity index is 2.36. The summed E-state index contributed by atoms with van der Waals surface area (Å²) < 4.78 is 0. The molecule has 0 unspecified atom stereocenters. The molecule has 2 nitrogen and oxygen atoms in total. The van der Waals surface area contributed by atoms with Gasteiger partial charge >= 0.3 is 89.7 Å². The van der Waals surface area contributed by atoms with Crippen LogP contribution in [0.4, 0.5) is 0 Å². The summed E-state index contributed by atoms with van der Waals surface area (Å²) in [5.41, 5.74) is 5.34. The number of amides is 1. The molecule has 1 rings (SSSR count). The number of carbonyl (C=O) groups is 1. The molecular formula is C11H16AsNO. The van der Waals surface area contributed by atoms with Gasteiger partial charge in [-0.1, -0.05) is 0 Å². The van der Waals surface area contributed by atoms with E-state index in [9.17, 15) is 4.79 Å². The quantitative estimate of drug-likeness (QED) is 0.818. The van der Waals surface area contributed by atoms with Crippen LogP contribution in [0.2, 0.25) is 16.6 Å². The van der Waals surface area contributed by atoms with Crippen LogP contribution in [0, 0.1) is 0 Å². The predicted octanol–water partition coefficient (Wildman–Crippen LogP) is 2.17. The van der Waals surface area contributed by atoms with E-state index in [1.165, 1.54) is 5.21 Å². The Hall–Kier alpha value is -0.752. The average molecular weight is 253 g/mol. The van der Waals surface area contributed by atoms with Crippen LogP contribution in [0.3, 0.4) is 0 Å². The topological polar surface area (TPSA) is 29.1 Å². The Morgan fingerprint density at radius 3 is 2.50 bits per heavy atom. The molecule has 0 atom stereocenters. The summed E-state index contributed by atoms with van der Waals surface area (Å²) in [7, 11) is 0. The zero-order valence-electron chi connectivity index (χ0n) is 8.66. The second-order valence-corrected chi connectivity index (χ2v) is 8.89. The fraction of sp³-hybridized carbons (Fsp3) is 0.364. The molecule has 0 aliphatic heterocycles. The number of benzene rings is 1. The van der Waals surface area contributed by atoms with Crippen molar-refractivity contribution in [1.82, 2.24) is 5.32 Å². The van der Waals surface area contributed by atoms with E-state index in [2.05, 4.69) is 16.7 Å². The molecule has 0 spiro atoms. The molecule has 0 aliphatic rings. The van der Waals surface area contributed by atoms with Crippen LogP contribution in [0.5, 0.6) is 0 Å². The fourth-order valence-electron chi connectivity index (χ4n) is 1.08. The van der Waals surface area contributed by atoms with Crippen LogP contribution in [0.25, 0.3) is 0 Å². The van der Waals surface area contributed by atoms with E-state index >= 15 is 0 Å².